The number of nitrogens with zero attached hydrogens (tertiary/aromatic N) is 5. The van der Waals surface area contributed by atoms with Gasteiger partial charge in [-0.05, 0) is 35.9 Å². The molecule has 1 amide bonds. The molecular formula is C30H28F3N5O3. The fraction of sp³-hybridized carbons (Fsp3) is 0.267. The number of piperazine rings is 1. The number of fused-ring (bicyclic) bond motifs is 2. The van der Waals surface area contributed by atoms with E-state index in [1.165, 1.54) is 0 Å². The normalized spacial score (nSPS) is 15.0. The maximum absolute atomic E-state index is 13.4. The van der Waals surface area contributed by atoms with Gasteiger partial charge in [-0.2, -0.15) is 13.2 Å². The number of aromatic nitrogens is 2. The predicted molar refractivity (Wildman–Crippen MR) is 149 cm³/mol. The maximum atomic E-state index is 13.4. The summed E-state index contributed by atoms with van der Waals surface area (Å²) in [5, 5.41) is 8.27. The molecule has 0 aliphatic carbocycles. The van der Waals surface area contributed by atoms with Gasteiger partial charge in [0.2, 0.25) is 0 Å². The smallest absolute Gasteiger partial charge is 0.475 e. The molecule has 4 aromatic rings. The first-order valence-electron chi connectivity index (χ1n) is 13.2. The molecule has 4 heterocycles. The topological polar surface area (TPSA) is 89.9 Å². The molecule has 0 atom stereocenters. The third kappa shape index (κ3) is 6.40. The van der Waals surface area contributed by atoms with E-state index in [0.29, 0.717) is 13.1 Å². The van der Waals surface area contributed by atoms with E-state index in [-0.39, 0.29) is 5.91 Å². The summed E-state index contributed by atoms with van der Waals surface area (Å²) in [5.74, 6) is -2.62. The summed E-state index contributed by atoms with van der Waals surface area (Å²) < 4.78 is 31.7. The number of hydrogen-bond donors (Lipinski definition) is 1. The first kappa shape index (κ1) is 27.9. The van der Waals surface area contributed by atoms with Crippen LogP contribution in [0.2, 0.25) is 0 Å². The number of alkyl halides is 3. The Bertz CT molecular complexity index is 1540. The monoisotopic (exact) mass is 563 g/mol. The number of halogens is 3. The summed E-state index contributed by atoms with van der Waals surface area (Å²) in [5.41, 5.74) is 6.26. The molecule has 0 spiro atoms. The summed E-state index contributed by atoms with van der Waals surface area (Å²) in [6.07, 6.45) is -0.605. The van der Waals surface area contributed by atoms with Crippen LogP contribution in [0.3, 0.4) is 0 Å². The van der Waals surface area contributed by atoms with E-state index in [0.717, 1.165) is 71.7 Å². The van der Waals surface area contributed by atoms with Gasteiger partial charge in [0.1, 0.15) is 0 Å². The number of carboxylic acid groups (broad SMARTS) is 1. The highest BCUT2D eigenvalue weighted by molar-refractivity contribution is 6.03. The number of para-hydroxylation sites is 1. The van der Waals surface area contributed by atoms with Gasteiger partial charge in [0, 0.05) is 68.7 Å². The number of amides is 1. The number of benzene rings is 2. The molecular weight excluding hydrogens is 535 g/mol. The zero-order chi connectivity index (χ0) is 29.0. The SMILES string of the molecule is O=C(O)C(F)(F)F.O=C1c2c(cccc2N2CCN(c3cccnc3)CC2)CN1CCc1ccc2ccccc2n1. The lowest BCUT2D eigenvalue weighted by Gasteiger charge is -2.37. The molecule has 2 aliphatic heterocycles. The van der Waals surface area contributed by atoms with Gasteiger partial charge in [-0.25, -0.2) is 4.79 Å². The Morgan fingerprint density at radius 1 is 0.902 bits per heavy atom. The van der Waals surface area contributed by atoms with E-state index >= 15 is 0 Å². The highest BCUT2D eigenvalue weighted by atomic mass is 19.4. The largest absolute Gasteiger partial charge is 0.490 e. The van der Waals surface area contributed by atoms with Crippen molar-refractivity contribution in [1.82, 2.24) is 14.9 Å². The van der Waals surface area contributed by atoms with Crippen LogP contribution in [0.4, 0.5) is 24.5 Å². The highest BCUT2D eigenvalue weighted by Crippen LogP contribution is 2.33. The van der Waals surface area contributed by atoms with Gasteiger partial charge in [-0.15, -0.1) is 0 Å². The number of rotatable bonds is 5. The van der Waals surface area contributed by atoms with Gasteiger partial charge in [0.25, 0.3) is 5.91 Å². The number of aliphatic carboxylic acids is 1. The number of pyridine rings is 2. The van der Waals surface area contributed by atoms with Gasteiger partial charge in [-0.1, -0.05) is 36.4 Å². The Morgan fingerprint density at radius 2 is 1.63 bits per heavy atom. The zero-order valence-electron chi connectivity index (χ0n) is 22.1. The second-order valence-corrected chi connectivity index (χ2v) is 9.77. The zero-order valence-corrected chi connectivity index (χ0v) is 22.1. The van der Waals surface area contributed by atoms with E-state index in [9.17, 15) is 18.0 Å². The van der Waals surface area contributed by atoms with Crippen molar-refractivity contribution in [3.8, 4) is 0 Å². The first-order valence-corrected chi connectivity index (χ1v) is 13.2. The van der Waals surface area contributed by atoms with Gasteiger partial charge in [-0.3, -0.25) is 14.8 Å². The molecule has 0 unspecified atom stereocenters. The maximum Gasteiger partial charge on any atom is 0.490 e. The average Bonchev–Trinajstić information content (AvgIpc) is 3.31. The molecule has 2 aromatic carbocycles. The molecule has 8 nitrogen and oxygen atoms in total. The number of hydrogen-bond acceptors (Lipinski definition) is 6. The highest BCUT2D eigenvalue weighted by Gasteiger charge is 2.38. The van der Waals surface area contributed by atoms with Crippen molar-refractivity contribution in [2.75, 3.05) is 42.5 Å². The molecule has 1 N–H and O–H groups in total. The molecule has 0 radical (unpaired) electrons. The van der Waals surface area contributed by atoms with Gasteiger partial charge in [0.15, 0.2) is 0 Å². The lowest BCUT2D eigenvalue weighted by Crippen LogP contribution is -2.47. The van der Waals surface area contributed by atoms with E-state index in [2.05, 4.69) is 57.2 Å². The molecule has 0 saturated carbocycles. The molecule has 6 rings (SSSR count). The second kappa shape index (κ2) is 11.8. The van der Waals surface area contributed by atoms with Gasteiger partial charge < -0.3 is 19.8 Å². The Balaban J connectivity index is 0.000000431. The first-order chi connectivity index (χ1) is 19.7. The number of carbonyl (C=O) groups is 2. The van der Waals surface area contributed by atoms with Crippen LogP contribution in [-0.2, 0) is 17.8 Å². The van der Waals surface area contributed by atoms with Crippen molar-refractivity contribution in [1.29, 1.82) is 0 Å². The van der Waals surface area contributed by atoms with Crippen LogP contribution in [0.15, 0.2) is 79.1 Å². The number of carbonyl (C=O) groups excluding carboxylic acids is 1. The Kier molecular flexibility index (Phi) is 8.04. The van der Waals surface area contributed by atoms with Gasteiger partial charge in [0.05, 0.1) is 23.0 Å². The lowest BCUT2D eigenvalue weighted by atomic mass is 10.1. The fourth-order valence-electron chi connectivity index (χ4n) is 5.09. The van der Waals surface area contributed by atoms with Crippen LogP contribution >= 0.6 is 0 Å². The number of carboxylic acids is 1. The Hall–Kier alpha value is -4.67. The van der Waals surface area contributed by atoms with Gasteiger partial charge >= 0.3 is 12.1 Å². The molecule has 2 aromatic heterocycles. The molecule has 2 aliphatic rings. The molecule has 1 saturated heterocycles. The van der Waals surface area contributed by atoms with Crippen molar-refractivity contribution in [2.45, 2.75) is 19.1 Å². The van der Waals surface area contributed by atoms with Crippen LogP contribution in [0, 0.1) is 0 Å². The number of anilines is 2. The van der Waals surface area contributed by atoms with Crippen LogP contribution in [0.1, 0.15) is 21.6 Å². The van der Waals surface area contributed by atoms with Crippen LogP contribution < -0.4 is 9.80 Å². The quantitative estimate of drug-likeness (QED) is 0.374. The summed E-state index contributed by atoms with van der Waals surface area (Å²) in [4.78, 5) is 38.0. The molecule has 212 valence electrons. The third-order valence-corrected chi connectivity index (χ3v) is 7.16. The third-order valence-electron chi connectivity index (χ3n) is 7.16. The minimum atomic E-state index is -5.08. The summed E-state index contributed by atoms with van der Waals surface area (Å²) >= 11 is 0. The Labute approximate surface area is 234 Å². The van der Waals surface area contributed by atoms with Crippen LogP contribution in [0.5, 0.6) is 0 Å². The van der Waals surface area contributed by atoms with Crippen molar-refractivity contribution >= 4 is 34.2 Å². The average molecular weight is 564 g/mol. The fourth-order valence-corrected chi connectivity index (χ4v) is 5.09. The summed E-state index contributed by atoms with van der Waals surface area (Å²) in [6.45, 7) is 4.96. The second-order valence-electron chi connectivity index (χ2n) is 9.77. The van der Waals surface area contributed by atoms with E-state index in [1.54, 1.807) is 6.20 Å². The minimum Gasteiger partial charge on any atom is -0.475 e. The van der Waals surface area contributed by atoms with Crippen molar-refractivity contribution in [3.05, 3.63) is 95.9 Å². The van der Waals surface area contributed by atoms with Crippen molar-refractivity contribution in [2.24, 2.45) is 0 Å². The molecule has 1 fully saturated rings. The van der Waals surface area contributed by atoms with Crippen molar-refractivity contribution < 1.29 is 27.9 Å². The Morgan fingerprint density at radius 3 is 2.34 bits per heavy atom. The predicted octanol–water partition coefficient (Wildman–Crippen LogP) is 4.79. The molecule has 11 heteroatoms. The minimum absolute atomic E-state index is 0.140. The van der Waals surface area contributed by atoms with E-state index in [1.807, 2.05) is 35.4 Å². The van der Waals surface area contributed by atoms with Crippen LogP contribution in [0.25, 0.3) is 10.9 Å². The molecule has 41 heavy (non-hydrogen) atoms. The van der Waals surface area contributed by atoms with E-state index in [4.69, 9.17) is 14.9 Å². The van der Waals surface area contributed by atoms with E-state index < -0.39 is 12.1 Å². The standard InChI is InChI=1S/C28H27N5O.C2HF3O2/c34-28-27-22(20-33(28)14-12-23-11-10-21-5-1-2-8-25(21)30-23)6-3-9-26(27)32-17-15-31(16-18-32)24-7-4-13-29-19-24;3-2(4,5)1(6)7/h1-11,13,19H,12,14-18,20H2;(H,6,7). The van der Waals surface area contributed by atoms with Crippen LogP contribution in [-0.4, -0.2) is 70.8 Å². The molecule has 0 bridgehead atoms. The lowest BCUT2D eigenvalue weighted by molar-refractivity contribution is -0.192. The summed E-state index contributed by atoms with van der Waals surface area (Å²) in [6, 6.07) is 22.7. The summed E-state index contributed by atoms with van der Waals surface area (Å²) in [7, 11) is 0. The van der Waals surface area contributed by atoms with Crippen molar-refractivity contribution in [3.63, 3.8) is 0 Å².